The summed E-state index contributed by atoms with van der Waals surface area (Å²) in [6.07, 6.45) is 0.111. The SMILES string of the molecule is CNC(=O)[C@@H](Cc1ccccc1)N(Cc1ccccc1F)C(=O)CN(c1ccc(OC)c(Cl)c1)S(=O)(=O)c1ccc(C)cc1. The van der Waals surface area contributed by atoms with Gasteiger partial charge < -0.3 is 15.0 Å². The highest BCUT2D eigenvalue weighted by Gasteiger charge is 2.35. The van der Waals surface area contributed by atoms with Crippen LogP contribution in [0.1, 0.15) is 16.7 Å². The highest BCUT2D eigenvalue weighted by molar-refractivity contribution is 7.92. The molecular formula is C33H33ClFN3O5S. The minimum Gasteiger partial charge on any atom is -0.495 e. The van der Waals surface area contributed by atoms with Crippen LogP contribution < -0.4 is 14.4 Å². The Balaban J connectivity index is 1.82. The fourth-order valence-corrected chi connectivity index (χ4v) is 6.37. The molecular weight excluding hydrogens is 605 g/mol. The van der Waals surface area contributed by atoms with Crippen molar-refractivity contribution in [2.24, 2.45) is 0 Å². The number of sulfonamides is 1. The van der Waals surface area contributed by atoms with Gasteiger partial charge in [-0.15, -0.1) is 0 Å². The zero-order chi connectivity index (χ0) is 31.9. The van der Waals surface area contributed by atoms with Crippen molar-refractivity contribution in [3.8, 4) is 5.75 Å². The van der Waals surface area contributed by atoms with E-state index in [1.165, 1.54) is 67.6 Å². The largest absolute Gasteiger partial charge is 0.495 e. The van der Waals surface area contributed by atoms with Crippen molar-refractivity contribution in [3.63, 3.8) is 0 Å². The maximum atomic E-state index is 14.9. The molecule has 44 heavy (non-hydrogen) atoms. The number of amides is 2. The van der Waals surface area contributed by atoms with Crippen LogP contribution in [0.3, 0.4) is 0 Å². The van der Waals surface area contributed by atoms with E-state index < -0.39 is 40.2 Å². The zero-order valence-electron chi connectivity index (χ0n) is 24.5. The van der Waals surface area contributed by atoms with E-state index in [1.807, 2.05) is 37.3 Å². The van der Waals surface area contributed by atoms with Crippen LogP contribution in [0.25, 0.3) is 0 Å². The summed E-state index contributed by atoms with van der Waals surface area (Å²) in [5, 5.41) is 2.73. The Kier molecular flexibility index (Phi) is 10.6. The van der Waals surface area contributed by atoms with Crippen LogP contribution in [0, 0.1) is 12.7 Å². The number of anilines is 1. The summed E-state index contributed by atoms with van der Waals surface area (Å²) in [5.41, 5.74) is 1.89. The van der Waals surface area contributed by atoms with Crippen molar-refractivity contribution >= 4 is 39.1 Å². The smallest absolute Gasteiger partial charge is 0.264 e. The van der Waals surface area contributed by atoms with Crippen molar-refractivity contribution in [2.75, 3.05) is 25.0 Å². The molecule has 0 radical (unpaired) electrons. The molecule has 11 heteroatoms. The standard InChI is InChI=1S/C33H33ClFN3O5S/c1-23-13-16-27(17-14-23)44(41,42)38(26-15-18-31(43-3)28(34)20-26)22-32(39)37(21-25-11-7-8-12-29(25)35)30(33(40)36-2)19-24-9-5-4-6-10-24/h4-18,20,30H,19,21-22H2,1-3H3,(H,36,40)/t30-/m1/s1. The minimum atomic E-state index is -4.32. The topological polar surface area (TPSA) is 96.0 Å². The number of hydrogen-bond donors (Lipinski definition) is 1. The number of hydrogen-bond acceptors (Lipinski definition) is 5. The molecule has 0 fully saturated rings. The third-order valence-corrected chi connectivity index (χ3v) is 9.21. The van der Waals surface area contributed by atoms with E-state index in [0.717, 1.165) is 15.4 Å². The number of benzene rings is 4. The van der Waals surface area contributed by atoms with Gasteiger partial charge in [-0.1, -0.05) is 77.8 Å². The normalized spacial score (nSPS) is 11.8. The number of nitrogens with zero attached hydrogens (tertiary/aromatic N) is 2. The first kappa shape index (κ1) is 32.5. The van der Waals surface area contributed by atoms with Crippen molar-refractivity contribution in [1.82, 2.24) is 10.2 Å². The van der Waals surface area contributed by atoms with Gasteiger partial charge in [0.2, 0.25) is 11.8 Å². The molecule has 0 aromatic heterocycles. The first-order valence-electron chi connectivity index (χ1n) is 13.8. The van der Waals surface area contributed by atoms with E-state index >= 15 is 0 Å². The fourth-order valence-electron chi connectivity index (χ4n) is 4.71. The molecule has 0 aliphatic heterocycles. The summed E-state index contributed by atoms with van der Waals surface area (Å²) < 4.78 is 49.2. The number of carbonyl (C=O) groups excluding carboxylic acids is 2. The highest BCUT2D eigenvalue weighted by atomic mass is 35.5. The van der Waals surface area contributed by atoms with Gasteiger partial charge in [-0.05, 0) is 48.9 Å². The minimum absolute atomic E-state index is 0.0457. The van der Waals surface area contributed by atoms with Crippen molar-refractivity contribution in [1.29, 1.82) is 0 Å². The van der Waals surface area contributed by atoms with Crippen LogP contribution in [0.5, 0.6) is 5.75 Å². The number of halogens is 2. The second kappa shape index (κ2) is 14.4. The van der Waals surface area contributed by atoms with E-state index in [-0.39, 0.29) is 34.1 Å². The summed E-state index contributed by atoms with van der Waals surface area (Å²) in [4.78, 5) is 28.8. The lowest BCUT2D eigenvalue weighted by molar-refractivity contribution is -0.139. The van der Waals surface area contributed by atoms with E-state index in [4.69, 9.17) is 16.3 Å². The van der Waals surface area contributed by atoms with Crippen LogP contribution in [0.4, 0.5) is 10.1 Å². The summed E-state index contributed by atoms with van der Waals surface area (Å²) in [6.45, 7) is 0.848. The molecule has 4 aromatic carbocycles. The zero-order valence-corrected chi connectivity index (χ0v) is 26.1. The molecule has 230 valence electrons. The lowest BCUT2D eigenvalue weighted by Crippen LogP contribution is -2.53. The van der Waals surface area contributed by atoms with Crippen LogP contribution in [0.15, 0.2) is 102 Å². The van der Waals surface area contributed by atoms with E-state index in [2.05, 4.69) is 5.32 Å². The molecule has 2 amide bonds. The maximum absolute atomic E-state index is 14.9. The molecule has 0 saturated carbocycles. The van der Waals surface area contributed by atoms with Crippen LogP contribution in [0.2, 0.25) is 5.02 Å². The Labute approximate surface area is 262 Å². The summed E-state index contributed by atoms with van der Waals surface area (Å²) in [6, 6.07) is 24.5. The third kappa shape index (κ3) is 7.56. The summed E-state index contributed by atoms with van der Waals surface area (Å²) >= 11 is 6.38. The predicted molar refractivity (Wildman–Crippen MR) is 169 cm³/mol. The number of methoxy groups -OCH3 is 1. The predicted octanol–water partition coefficient (Wildman–Crippen LogP) is 5.38. The van der Waals surface area contributed by atoms with Crippen molar-refractivity contribution in [2.45, 2.75) is 30.8 Å². The Bertz CT molecular complexity index is 1720. The van der Waals surface area contributed by atoms with Crippen LogP contribution >= 0.6 is 11.6 Å². The molecule has 0 aliphatic carbocycles. The van der Waals surface area contributed by atoms with Gasteiger partial charge in [0.1, 0.15) is 24.2 Å². The van der Waals surface area contributed by atoms with Gasteiger partial charge in [0.15, 0.2) is 0 Å². The molecule has 0 saturated heterocycles. The first-order chi connectivity index (χ1) is 21.0. The number of carbonyl (C=O) groups is 2. The Morgan fingerprint density at radius 2 is 1.61 bits per heavy atom. The number of nitrogens with one attached hydrogen (secondary N) is 1. The van der Waals surface area contributed by atoms with Crippen LogP contribution in [-0.4, -0.2) is 51.9 Å². The molecule has 4 aromatic rings. The fraction of sp³-hybridized carbons (Fsp3) is 0.212. The molecule has 0 bridgehead atoms. The first-order valence-corrected chi connectivity index (χ1v) is 15.6. The summed E-state index contributed by atoms with van der Waals surface area (Å²) in [5.74, 6) is -1.45. The molecule has 1 atom stereocenters. The second-order valence-electron chi connectivity index (χ2n) is 10.1. The van der Waals surface area contributed by atoms with E-state index in [1.54, 1.807) is 18.2 Å². The quantitative estimate of drug-likeness (QED) is 0.225. The third-order valence-electron chi connectivity index (χ3n) is 7.13. The van der Waals surface area contributed by atoms with Gasteiger partial charge in [0.05, 0.1) is 22.7 Å². The number of likely N-dealkylation sites (N-methyl/N-ethyl adjacent to an activating group) is 1. The molecule has 1 N–H and O–H groups in total. The highest BCUT2D eigenvalue weighted by Crippen LogP contribution is 2.32. The average molecular weight is 638 g/mol. The number of rotatable bonds is 12. The van der Waals surface area contributed by atoms with E-state index in [9.17, 15) is 22.4 Å². The summed E-state index contributed by atoms with van der Waals surface area (Å²) in [7, 11) is -1.44. The van der Waals surface area contributed by atoms with Gasteiger partial charge >= 0.3 is 0 Å². The van der Waals surface area contributed by atoms with Gasteiger partial charge in [-0.2, -0.15) is 0 Å². The van der Waals surface area contributed by atoms with Gasteiger partial charge in [0.25, 0.3) is 10.0 Å². The Morgan fingerprint density at radius 3 is 2.23 bits per heavy atom. The molecule has 0 aliphatic rings. The van der Waals surface area contributed by atoms with Gasteiger partial charge in [-0.3, -0.25) is 13.9 Å². The second-order valence-corrected chi connectivity index (χ2v) is 12.3. The van der Waals surface area contributed by atoms with Crippen LogP contribution in [-0.2, 0) is 32.6 Å². The molecule has 0 spiro atoms. The molecule has 8 nitrogen and oxygen atoms in total. The molecule has 4 rings (SSSR count). The van der Waals surface area contributed by atoms with Crippen molar-refractivity contribution < 1.29 is 27.1 Å². The monoisotopic (exact) mass is 637 g/mol. The Hall–Kier alpha value is -4.41. The molecule has 0 unspecified atom stereocenters. The maximum Gasteiger partial charge on any atom is 0.264 e. The van der Waals surface area contributed by atoms with Crippen molar-refractivity contribution in [3.05, 3.63) is 125 Å². The number of aryl methyl sites for hydroxylation is 1. The molecule has 0 heterocycles. The lowest BCUT2D eigenvalue weighted by atomic mass is 10.0. The lowest BCUT2D eigenvalue weighted by Gasteiger charge is -2.33. The average Bonchev–Trinajstić information content (AvgIpc) is 3.02. The Morgan fingerprint density at radius 1 is 0.955 bits per heavy atom. The van der Waals surface area contributed by atoms with Gasteiger partial charge in [0, 0.05) is 25.6 Å². The van der Waals surface area contributed by atoms with Gasteiger partial charge in [-0.25, -0.2) is 12.8 Å². The number of ether oxygens (including phenoxy) is 1. The van der Waals surface area contributed by atoms with E-state index in [0.29, 0.717) is 5.75 Å².